The SMILES string of the molecule is Cc1cc2c(cc1C(=O)c1ccc(B(O)OC(C)C(C)(C)O)cc1)C(C)(C)CCC2(C)C. The first-order valence-electron chi connectivity index (χ1n) is 11.5. The van der Waals surface area contributed by atoms with Crippen LogP contribution in [-0.2, 0) is 15.5 Å². The Bertz CT molecular complexity index is 1000. The Morgan fingerprint density at radius 3 is 2.03 bits per heavy atom. The Morgan fingerprint density at radius 1 is 1.03 bits per heavy atom. The van der Waals surface area contributed by atoms with Crippen LogP contribution in [0.2, 0.25) is 0 Å². The Hall–Kier alpha value is -1.95. The first kappa shape index (κ1) is 24.7. The molecular formula is C27H37BO4. The molecule has 0 spiro atoms. The Balaban J connectivity index is 1.89. The van der Waals surface area contributed by atoms with Crippen molar-refractivity contribution in [2.24, 2.45) is 0 Å². The summed E-state index contributed by atoms with van der Waals surface area (Å²) in [6.45, 7) is 16.1. The van der Waals surface area contributed by atoms with Gasteiger partial charge in [0, 0.05) is 11.1 Å². The normalized spacial score (nSPS) is 18.1. The highest BCUT2D eigenvalue weighted by molar-refractivity contribution is 6.60. The lowest BCUT2D eigenvalue weighted by Gasteiger charge is -2.42. The summed E-state index contributed by atoms with van der Waals surface area (Å²) in [7, 11) is -1.17. The molecule has 0 saturated carbocycles. The van der Waals surface area contributed by atoms with Gasteiger partial charge in [0.05, 0.1) is 11.7 Å². The molecule has 5 heteroatoms. The number of hydrogen-bond donors (Lipinski definition) is 2. The smallest absolute Gasteiger partial charge is 0.423 e. The lowest BCUT2D eigenvalue weighted by Crippen LogP contribution is -2.44. The highest BCUT2D eigenvalue weighted by atomic mass is 16.5. The maximum Gasteiger partial charge on any atom is 0.491 e. The summed E-state index contributed by atoms with van der Waals surface area (Å²) in [6, 6.07) is 11.2. The molecule has 1 aliphatic carbocycles. The number of ketones is 1. The van der Waals surface area contributed by atoms with E-state index >= 15 is 0 Å². The molecule has 0 saturated heterocycles. The topological polar surface area (TPSA) is 66.8 Å². The molecule has 4 nitrogen and oxygen atoms in total. The van der Waals surface area contributed by atoms with Crippen LogP contribution in [0.5, 0.6) is 0 Å². The summed E-state index contributed by atoms with van der Waals surface area (Å²) >= 11 is 0. The number of carbonyl (C=O) groups excluding carboxylic acids is 1. The van der Waals surface area contributed by atoms with Crippen LogP contribution in [0.25, 0.3) is 0 Å². The monoisotopic (exact) mass is 436 g/mol. The number of carbonyl (C=O) groups is 1. The molecule has 2 aromatic carbocycles. The van der Waals surface area contributed by atoms with Gasteiger partial charge in [-0.1, -0.05) is 58.0 Å². The van der Waals surface area contributed by atoms with Crippen molar-refractivity contribution in [3.05, 3.63) is 64.2 Å². The average Bonchev–Trinajstić information content (AvgIpc) is 2.70. The number of benzene rings is 2. The van der Waals surface area contributed by atoms with Gasteiger partial charge in [-0.3, -0.25) is 4.79 Å². The van der Waals surface area contributed by atoms with Gasteiger partial charge in [0.2, 0.25) is 0 Å². The average molecular weight is 436 g/mol. The van der Waals surface area contributed by atoms with E-state index in [0.717, 1.165) is 24.0 Å². The molecular weight excluding hydrogens is 399 g/mol. The second kappa shape index (κ2) is 8.44. The summed E-state index contributed by atoms with van der Waals surface area (Å²) in [5.41, 5.74) is 4.54. The zero-order valence-corrected chi connectivity index (χ0v) is 20.7. The van der Waals surface area contributed by atoms with E-state index in [1.54, 1.807) is 45.0 Å². The van der Waals surface area contributed by atoms with E-state index in [0.29, 0.717) is 11.0 Å². The third-order valence-corrected chi connectivity index (χ3v) is 7.23. The minimum atomic E-state index is -1.17. The van der Waals surface area contributed by atoms with Crippen molar-refractivity contribution in [2.75, 3.05) is 0 Å². The van der Waals surface area contributed by atoms with Crippen molar-refractivity contribution in [3.8, 4) is 0 Å². The Labute approximate surface area is 193 Å². The van der Waals surface area contributed by atoms with E-state index in [-0.39, 0.29) is 16.6 Å². The highest BCUT2D eigenvalue weighted by Crippen LogP contribution is 2.46. The lowest BCUT2D eigenvalue weighted by molar-refractivity contribution is -0.0312. The molecule has 2 N–H and O–H groups in total. The second-order valence-corrected chi connectivity index (χ2v) is 11.2. The van der Waals surface area contributed by atoms with E-state index < -0.39 is 18.8 Å². The largest absolute Gasteiger partial charge is 0.491 e. The number of rotatable bonds is 6. The minimum absolute atomic E-state index is 0.0173. The molecule has 3 rings (SSSR count). The number of hydrogen-bond acceptors (Lipinski definition) is 4. The Morgan fingerprint density at radius 2 is 1.53 bits per heavy atom. The van der Waals surface area contributed by atoms with Crippen LogP contribution in [0.3, 0.4) is 0 Å². The zero-order valence-electron chi connectivity index (χ0n) is 20.7. The van der Waals surface area contributed by atoms with Gasteiger partial charge in [-0.2, -0.15) is 0 Å². The van der Waals surface area contributed by atoms with Gasteiger partial charge >= 0.3 is 7.12 Å². The van der Waals surface area contributed by atoms with E-state index in [2.05, 4.69) is 39.8 Å². The standard InChI is InChI=1S/C27H37BO4/c1-17-15-22-23(26(5,6)14-13-25(22,3)4)16-21(17)24(29)19-9-11-20(12-10-19)28(31)32-18(2)27(7,8)30/h9-12,15-16,18,30-31H,13-14H2,1-8H3. The summed E-state index contributed by atoms with van der Waals surface area (Å²) < 4.78 is 5.53. The molecule has 0 aromatic heterocycles. The van der Waals surface area contributed by atoms with Crippen LogP contribution >= 0.6 is 0 Å². The third-order valence-electron chi connectivity index (χ3n) is 7.23. The Kier molecular flexibility index (Phi) is 6.51. The summed E-state index contributed by atoms with van der Waals surface area (Å²) in [5.74, 6) is -0.0173. The first-order valence-corrected chi connectivity index (χ1v) is 11.5. The molecule has 1 atom stereocenters. The van der Waals surface area contributed by atoms with Gasteiger partial charge in [-0.05, 0) is 79.6 Å². The molecule has 1 aliphatic rings. The summed E-state index contributed by atoms with van der Waals surface area (Å²) in [6.07, 6.45) is 1.68. The third kappa shape index (κ3) is 4.85. The second-order valence-electron chi connectivity index (χ2n) is 11.2. The van der Waals surface area contributed by atoms with Crippen molar-refractivity contribution in [2.45, 2.75) is 90.8 Å². The number of fused-ring (bicyclic) bond motifs is 1. The van der Waals surface area contributed by atoms with Crippen LogP contribution in [-0.4, -0.2) is 34.7 Å². The number of aryl methyl sites for hydroxylation is 1. The number of aliphatic hydroxyl groups is 1. The molecule has 32 heavy (non-hydrogen) atoms. The lowest BCUT2D eigenvalue weighted by atomic mass is 9.62. The molecule has 1 unspecified atom stereocenters. The molecule has 0 amide bonds. The van der Waals surface area contributed by atoms with Gasteiger partial charge in [0.25, 0.3) is 0 Å². The highest BCUT2D eigenvalue weighted by Gasteiger charge is 2.38. The van der Waals surface area contributed by atoms with Gasteiger partial charge in [-0.25, -0.2) is 0 Å². The van der Waals surface area contributed by atoms with Crippen molar-refractivity contribution in [3.63, 3.8) is 0 Å². The fraction of sp³-hybridized carbons (Fsp3) is 0.519. The van der Waals surface area contributed by atoms with Crippen LogP contribution < -0.4 is 5.46 Å². The molecule has 0 aliphatic heterocycles. The zero-order chi connectivity index (χ0) is 24.1. The van der Waals surface area contributed by atoms with E-state index in [9.17, 15) is 14.9 Å². The van der Waals surface area contributed by atoms with Gasteiger partial charge < -0.3 is 14.8 Å². The summed E-state index contributed by atoms with van der Waals surface area (Å²) in [5, 5.41) is 20.4. The van der Waals surface area contributed by atoms with Crippen LogP contribution in [0.1, 0.15) is 93.9 Å². The van der Waals surface area contributed by atoms with Crippen molar-refractivity contribution in [1.29, 1.82) is 0 Å². The molecule has 0 fully saturated rings. The van der Waals surface area contributed by atoms with Gasteiger partial charge in [0.1, 0.15) is 0 Å². The minimum Gasteiger partial charge on any atom is -0.423 e. The van der Waals surface area contributed by atoms with Crippen LogP contribution in [0, 0.1) is 6.92 Å². The first-order chi connectivity index (χ1) is 14.6. The van der Waals surface area contributed by atoms with Crippen molar-refractivity contribution < 1.29 is 19.6 Å². The maximum absolute atomic E-state index is 13.4. The van der Waals surface area contributed by atoms with Crippen molar-refractivity contribution in [1.82, 2.24) is 0 Å². The predicted octanol–water partition coefficient (Wildman–Crippen LogP) is 4.44. The predicted molar refractivity (Wildman–Crippen MR) is 131 cm³/mol. The molecule has 2 aromatic rings. The van der Waals surface area contributed by atoms with E-state index in [1.807, 2.05) is 6.92 Å². The molecule has 0 bridgehead atoms. The van der Waals surface area contributed by atoms with E-state index in [1.165, 1.54) is 11.1 Å². The van der Waals surface area contributed by atoms with Crippen LogP contribution in [0.4, 0.5) is 0 Å². The van der Waals surface area contributed by atoms with Gasteiger partial charge in [-0.15, -0.1) is 0 Å². The molecule has 0 heterocycles. The fourth-order valence-corrected chi connectivity index (χ4v) is 4.36. The maximum atomic E-state index is 13.4. The molecule has 172 valence electrons. The quantitative estimate of drug-likeness (QED) is 0.519. The molecule has 0 radical (unpaired) electrons. The van der Waals surface area contributed by atoms with Crippen molar-refractivity contribution >= 4 is 18.4 Å². The van der Waals surface area contributed by atoms with Gasteiger partial charge in [0.15, 0.2) is 5.78 Å². The fourth-order valence-electron chi connectivity index (χ4n) is 4.36. The van der Waals surface area contributed by atoms with E-state index in [4.69, 9.17) is 4.65 Å². The summed E-state index contributed by atoms with van der Waals surface area (Å²) in [4.78, 5) is 13.4. The van der Waals surface area contributed by atoms with Crippen LogP contribution in [0.15, 0.2) is 36.4 Å².